The molecule has 4 nitrogen and oxygen atoms in total. The van der Waals surface area contributed by atoms with E-state index >= 15 is 0 Å². The normalized spacial score (nSPS) is 10.5. The van der Waals surface area contributed by atoms with E-state index in [9.17, 15) is 0 Å². The van der Waals surface area contributed by atoms with Crippen molar-refractivity contribution in [2.24, 2.45) is 0 Å². The Labute approximate surface area is 146 Å². The molecule has 0 saturated heterocycles. The van der Waals surface area contributed by atoms with Crippen LogP contribution in [0.5, 0.6) is 5.75 Å². The Morgan fingerprint density at radius 2 is 1.58 bits per heavy atom. The Balaban J connectivity index is 2.00. The van der Waals surface area contributed by atoms with Crippen LogP contribution in [-0.4, -0.2) is 31.2 Å². The monoisotopic (exact) mass is 337 g/mol. The highest BCUT2D eigenvalue weighted by Crippen LogP contribution is 2.26. The number of aromatic nitrogens is 2. The molecule has 0 radical (unpaired) electrons. The second-order valence-corrected chi connectivity index (χ2v) is 6.04. The van der Waals surface area contributed by atoms with Crippen molar-refractivity contribution in [1.29, 1.82) is 0 Å². The molecule has 0 aliphatic carbocycles. The van der Waals surface area contributed by atoms with Crippen LogP contribution < -0.4 is 9.64 Å². The summed E-state index contributed by atoms with van der Waals surface area (Å²) in [5, 5.41) is 0. The van der Waals surface area contributed by atoms with Gasteiger partial charge >= 0.3 is 0 Å². The quantitative estimate of drug-likeness (QED) is 0.709. The van der Waals surface area contributed by atoms with Gasteiger partial charge in [-0.1, -0.05) is 12.1 Å². The summed E-state index contributed by atoms with van der Waals surface area (Å²) in [6.07, 6.45) is 0. The molecule has 0 aliphatic heterocycles. The molecule has 0 atom stereocenters. The van der Waals surface area contributed by atoms with Gasteiger partial charge in [0, 0.05) is 31.0 Å². The number of hydrogen-bond acceptors (Lipinski definition) is 4. The fourth-order valence-electron chi connectivity index (χ4n) is 2.46. The summed E-state index contributed by atoms with van der Waals surface area (Å²) in [6.45, 7) is 0. The molecule has 0 aliphatic rings. The first kappa shape index (κ1) is 16.2. The molecule has 1 N–H and O–H groups in total. The molecule has 2 aromatic carbocycles. The number of aromatic amines is 1. The molecule has 0 amide bonds. The molecule has 0 fully saturated rings. The highest BCUT2D eigenvalue weighted by molar-refractivity contribution is 7.71. The fraction of sp³-hybridized carbons (Fsp3) is 0.158. The summed E-state index contributed by atoms with van der Waals surface area (Å²) in [5.74, 6) is 0.819. The Bertz CT molecular complexity index is 884. The van der Waals surface area contributed by atoms with E-state index < -0.39 is 0 Å². The van der Waals surface area contributed by atoms with E-state index in [1.165, 1.54) is 0 Å². The van der Waals surface area contributed by atoms with Gasteiger partial charge in [-0.05, 0) is 60.2 Å². The zero-order valence-corrected chi connectivity index (χ0v) is 14.7. The molecule has 1 aromatic heterocycles. The Morgan fingerprint density at radius 3 is 2.17 bits per heavy atom. The SMILES string of the molecule is COc1ccc(-c2cc(-c3ccc(N(C)C)cc3)[nH]c(=S)n2)cc1. The Kier molecular flexibility index (Phi) is 4.62. The van der Waals surface area contributed by atoms with Crippen molar-refractivity contribution in [1.82, 2.24) is 9.97 Å². The van der Waals surface area contributed by atoms with Gasteiger partial charge < -0.3 is 14.6 Å². The highest BCUT2D eigenvalue weighted by atomic mass is 32.1. The van der Waals surface area contributed by atoms with Gasteiger partial charge in [-0.3, -0.25) is 0 Å². The lowest BCUT2D eigenvalue weighted by molar-refractivity contribution is 0.415. The average Bonchev–Trinajstić information content (AvgIpc) is 2.61. The molecule has 5 heteroatoms. The molecule has 1 heterocycles. The molecule has 3 rings (SSSR count). The molecule has 3 aromatic rings. The maximum absolute atomic E-state index is 5.30. The maximum atomic E-state index is 5.30. The lowest BCUT2D eigenvalue weighted by Gasteiger charge is -2.13. The number of ether oxygens (including phenoxy) is 1. The van der Waals surface area contributed by atoms with Crippen LogP contribution in [0, 0.1) is 4.77 Å². The number of H-pyrrole nitrogens is 1. The first-order valence-corrected chi connectivity index (χ1v) is 8.01. The number of rotatable bonds is 4. The zero-order valence-electron chi connectivity index (χ0n) is 13.9. The first-order valence-electron chi connectivity index (χ1n) is 7.60. The Morgan fingerprint density at radius 1 is 0.958 bits per heavy atom. The van der Waals surface area contributed by atoms with Crippen molar-refractivity contribution in [3.63, 3.8) is 0 Å². The zero-order chi connectivity index (χ0) is 17.1. The van der Waals surface area contributed by atoms with E-state index in [2.05, 4.69) is 39.1 Å². The van der Waals surface area contributed by atoms with Gasteiger partial charge in [-0.25, -0.2) is 4.98 Å². The molecular formula is C19H19N3OS. The minimum absolute atomic E-state index is 0.468. The number of hydrogen-bond donors (Lipinski definition) is 1. The molecule has 122 valence electrons. The average molecular weight is 337 g/mol. The summed E-state index contributed by atoms with van der Waals surface area (Å²) in [5.41, 5.74) is 5.02. The highest BCUT2D eigenvalue weighted by Gasteiger charge is 2.06. The van der Waals surface area contributed by atoms with Crippen LogP contribution in [0.25, 0.3) is 22.5 Å². The predicted molar refractivity (Wildman–Crippen MR) is 101 cm³/mol. The van der Waals surface area contributed by atoms with E-state index in [0.29, 0.717) is 4.77 Å². The van der Waals surface area contributed by atoms with Crippen molar-refractivity contribution in [3.05, 3.63) is 59.4 Å². The van der Waals surface area contributed by atoms with Gasteiger partial charge in [-0.2, -0.15) is 0 Å². The number of benzene rings is 2. The minimum Gasteiger partial charge on any atom is -0.497 e. The molecule has 0 saturated carbocycles. The molecule has 24 heavy (non-hydrogen) atoms. The van der Waals surface area contributed by atoms with E-state index in [1.807, 2.05) is 44.4 Å². The topological polar surface area (TPSA) is 41.1 Å². The van der Waals surface area contributed by atoms with Crippen molar-refractivity contribution in [3.8, 4) is 28.3 Å². The second-order valence-electron chi connectivity index (χ2n) is 5.66. The van der Waals surface area contributed by atoms with Crippen LogP contribution in [0.15, 0.2) is 54.6 Å². The van der Waals surface area contributed by atoms with Gasteiger partial charge in [0.1, 0.15) is 5.75 Å². The van der Waals surface area contributed by atoms with Gasteiger partial charge in [-0.15, -0.1) is 0 Å². The van der Waals surface area contributed by atoms with Crippen LogP contribution in [0.4, 0.5) is 5.69 Å². The maximum Gasteiger partial charge on any atom is 0.197 e. The molecule has 0 spiro atoms. The van der Waals surface area contributed by atoms with Crippen LogP contribution in [0.2, 0.25) is 0 Å². The van der Waals surface area contributed by atoms with Crippen molar-refractivity contribution >= 4 is 17.9 Å². The number of nitrogens with zero attached hydrogens (tertiary/aromatic N) is 2. The number of nitrogens with one attached hydrogen (secondary N) is 1. The summed E-state index contributed by atoms with van der Waals surface area (Å²) >= 11 is 5.30. The predicted octanol–water partition coefficient (Wildman–Crippen LogP) is 4.55. The summed E-state index contributed by atoms with van der Waals surface area (Å²) < 4.78 is 5.67. The minimum atomic E-state index is 0.468. The van der Waals surface area contributed by atoms with Crippen LogP contribution >= 0.6 is 12.2 Å². The molecular weight excluding hydrogens is 318 g/mol. The Hall–Kier alpha value is -2.66. The van der Waals surface area contributed by atoms with E-state index in [-0.39, 0.29) is 0 Å². The third kappa shape index (κ3) is 3.46. The number of anilines is 1. The van der Waals surface area contributed by atoms with Crippen molar-refractivity contribution in [2.45, 2.75) is 0 Å². The van der Waals surface area contributed by atoms with Crippen LogP contribution in [0.3, 0.4) is 0 Å². The molecule has 0 bridgehead atoms. The fourth-order valence-corrected chi connectivity index (χ4v) is 2.67. The third-order valence-electron chi connectivity index (χ3n) is 3.83. The first-order chi connectivity index (χ1) is 11.6. The lowest BCUT2D eigenvalue weighted by atomic mass is 10.1. The largest absolute Gasteiger partial charge is 0.497 e. The van der Waals surface area contributed by atoms with Gasteiger partial charge in [0.2, 0.25) is 0 Å². The summed E-state index contributed by atoms with van der Waals surface area (Å²) in [6, 6.07) is 18.1. The van der Waals surface area contributed by atoms with Gasteiger partial charge in [0.25, 0.3) is 0 Å². The van der Waals surface area contributed by atoms with Crippen LogP contribution in [0.1, 0.15) is 0 Å². The van der Waals surface area contributed by atoms with E-state index in [0.717, 1.165) is 34.0 Å². The van der Waals surface area contributed by atoms with Gasteiger partial charge in [0.15, 0.2) is 4.77 Å². The smallest absolute Gasteiger partial charge is 0.197 e. The van der Waals surface area contributed by atoms with Gasteiger partial charge in [0.05, 0.1) is 12.8 Å². The molecule has 0 unspecified atom stereocenters. The lowest BCUT2D eigenvalue weighted by Crippen LogP contribution is -2.07. The van der Waals surface area contributed by atoms with E-state index in [4.69, 9.17) is 17.0 Å². The summed E-state index contributed by atoms with van der Waals surface area (Å²) in [7, 11) is 5.70. The van der Waals surface area contributed by atoms with Crippen LogP contribution in [-0.2, 0) is 0 Å². The third-order valence-corrected chi connectivity index (χ3v) is 4.02. The van der Waals surface area contributed by atoms with Crippen molar-refractivity contribution in [2.75, 3.05) is 26.1 Å². The standard InChI is InChI=1S/C19H19N3OS/c1-22(2)15-8-4-13(5-9-15)17-12-18(21-19(24)20-17)14-6-10-16(23-3)11-7-14/h4-12H,1-3H3,(H,20,21,24). The van der Waals surface area contributed by atoms with E-state index in [1.54, 1.807) is 7.11 Å². The number of methoxy groups -OCH3 is 1. The summed E-state index contributed by atoms with van der Waals surface area (Å²) in [4.78, 5) is 9.68. The second kappa shape index (κ2) is 6.84. The van der Waals surface area contributed by atoms with Crippen molar-refractivity contribution < 1.29 is 4.74 Å².